The van der Waals surface area contributed by atoms with Crippen LogP contribution in [-0.2, 0) is 11.2 Å². The Morgan fingerprint density at radius 3 is 3.00 bits per heavy atom. The number of benzene rings is 1. The second kappa shape index (κ2) is 4.09. The van der Waals surface area contributed by atoms with Crippen LogP contribution in [0.4, 0.5) is 4.39 Å². The quantitative estimate of drug-likeness (QED) is 0.801. The SMILES string of the molecule is NCC(C(=O)O)c1c(F)ccc2c1OCC2. The lowest BCUT2D eigenvalue weighted by molar-refractivity contribution is -0.138. The van der Waals surface area contributed by atoms with Gasteiger partial charge in [0.2, 0.25) is 0 Å². The number of halogens is 1. The van der Waals surface area contributed by atoms with Crippen molar-refractivity contribution in [3.05, 3.63) is 29.1 Å². The van der Waals surface area contributed by atoms with Crippen LogP contribution in [-0.4, -0.2) is 24.2 Å². The lowest BCUT2D eigenvalue weighted by Gasteiger charge is -2.14. The smallest absolute Gasteiger partial charge is 0.312 e. The number of carbonyl (C=O) groups is 1. The summed E-state index contributed by atoms with van der Waals surface area (Å²) < 4.78 is 18.9. The van der Waals surface area contributed by atoms with Crippen LogP contribution in [0.3, 0.4) is 0 Å². The van der Waals surface area contributed by atoms with Crippen molar-refractivity contribution in [1.29, 1.82) is 0 Å². The van der Waals surface area contributed by atoms with Crippen LogP contribution >= 0.6 is 0 Å². The zero-order chi connectivity index (χ0) is 11.7. The first-order valence-electron chi connectivity index (χ1n) is 5.02. The van der Waals surface area contributed by atoms with Crippen LogP contribution in [0.2, 0.25) is 0 Å². The van der Waals surface area contributed by atoms with Gasteiger partial charge in [0.1, 0.15) is 17.5 Å². The summed E-state index contributed by atoms with van der Waals surface area (Å²) in [4.78, 5) is 11.0. The zero-order valence-electron chi connectivity index (χ0n) is 8.57. The molecule has 0 aromatic heterocycles. The highest BCUT2D eigenvalue weighted by molar-refractivity contribution is 5.78. The van der Waals surface area contributed by atoms with Gasteiger partial charge in [-0.05, 0) is 11.6 Å². The fourth-order valence-electron chi connectivity index (χ4n) is 1.92. The molecule has 3 N–H and O–H groups in total. The Balaban J connectivity index is 2.54. The molecular formula is C11H12FNO3. The molecule has 1 aliphatic heterocycles. The highest BCUT2D eigenvalue weighted by atomic mass is 19.1. The van der Waals surface area contributed by atoms with E-state index >= 15 is 0 Å². The van der Waals surface area contributed by atoms with Gasteiger partial charge in [-0.15, -0.1) is 0 Å². The average Bonchev–Trinajstić information content (AvgIpc) is 2.69. The first-order chi connectivity index (χ1) is 7.65. The number of ether oxygens (including phenoxy) is 1. The number of hydrogen-bond acceptors (Lipinski definition) is 3. The van der Waals surface area contributed by atoms with Gasteiger partial charge in [0.05, 0.1) is 6.61 Å². The monoisotopic (exact) mass is 225 g/mol. The predicted octanol–water partition coefficient (Wildman–Crippen LogP) is 0.887. The molecule has 1 aliphatic rings. The van der Waals surface area contributed by atoms with E-state index in [4.69, 9.17) is 15.6 Å². The summed E-state index contributed by atoms with van der Waals surface area (Å²) in [5, 5.41) is 8.98. The highest BCUT2D eigenvalue weighted by Gasteiger charge is 2.29. The van der Waals surface area contributed by atoms with Gasteiger partial charge in [-0.25, -0.2) is 4.39 Å². The summed E-state index contributed by atoms with van der Waals surface area (Å²) in [5.41, 5.74) is 6.28. The summed E-state index contributed by atoms with van der Waals surface area (Å²) in [6.07, 6.45) is 0.680. The van der Waals surface area contributed by atoms with Gasteiger partial charge < -0.3 is 15.6 Å². The highest BCUT2D eigenvalue weighted by Crippen LogP contribution is 2.36. The second-order valence-corrected chi connectivity index (χ2v) is 3.67. The van der Waals surface area contributed by atoms with E-state index < -0.39 is 17.7 Å². The molecule has 1 aromatic carbocycles. The zero-order valence-corrected chi connectivity index (χ0v) is 8.57. The molecule has 0 radical (unpaired) electrons. The number of nitrogens with two attached hydrogens (primary N) is 1. The Hall–Kier alpha value is -1.62. The van der Waals surface area contributed by atoms with E-state index in [1.165, 1.54) is 6.07 Å². The van der Waals surface area contributed by atoms with E-state index in [-0.39, 0.29) is 12.1 Å². The molecule has 0 saturated heterocycles. The number of aliphatic carboxylic acids is 1. The van der Waals surface area contributed by atoms with Gasteiger partial charge in [0.25, 0.3) is 0 Å². The molecule has 16 heavy (non-hydrogen) atoms. The fourth-order valence-corrected chi connectivity index (χ4v) is 1.92. The van der Waals surface area contributed by atoms with Gasteiger partial charge in [0, 0.05) is 18.5 Å². The number of rotatable bonds is 3. The van der Waals surface area contributed by atoms with E-state index in [9.17, 15) is 9.18 Å². The van der Waals surface area contributed by atoms with Crippen molar-refractivity contribution in [3.8, 4) is 5.75 Å². The molecule has 5 heteroatoms. The molecule has 2 rings (SSSR count). The molecule has 0 spiro atoms. The third-order valence-electron chi connectivity index (χ3n) is 2.72. The van der Waals surface area contributed by atoms with E-state index in [2.05, 4.69) is 0 Å². The van der Waals surface area contributed by atoms with Crippen molar-refractivity contribution in [3.63, 3.8) is 0 Å². The standard InChI is InChI=1S/C11H12FNO3/c12-8-2-1-6-3-4-16-10(6)9(8)7(5-13)11(14)15/h1-2,7H,3-5,13H2,(H,14,15). The number of carboxylic acids is 1. The van der Waals surface area contributed by atoms with Gasteiger partial charge in [-0.1, -0.05) is 6.07 Å². The average molecular weight is 225 g/mol. The summed E-state index contributed by atoms with van der Waals surface area (Å²) in [6.45, 7) is 0.314. The second-order valence-electron chi connectivity index (χ2n) is 3.67. The molecule has 4 nitrogen and oxygen atoms in total. The maximum Gasteiger partial charge on any atom is 0.312 e. The molecule has 1 heterocycles. The number of carboxylic acid groups (broad SMARTS) is 1. The van der Waals surface area contributed by atoms with E-state index in [1.807, 2.05) is 0 Å². The lowest BCUT2D eigenvalue weighted by Crippen LogP contribution is -2.22. The minimum Gasteiger partial charge on any atom is -0.493 e. The van der Waals surface area contributed by atoms with E-state index in [1.54, 1.807) is 6.07 Å². The van der Waals surface area contributed by atoms with Crippen molar-refractivity contribution in [2.75, 3.05) is 13.2 Å². The van der Waals surface area contributed by atoms with Gasteiger partial charge >= 0.3 is 5.97 Å². The Bertz CT molecular complexity index is 433. The third kappa shape index (κ3) is 1.63. The van der Waals surface area contributed by atoms with Crippen molar-refractivity contribution in [2.24, 2.45) is 5.73 Å². The Morgan fingerprint density at radius 1 is 1.62 bits per heavy atom. The van der Waals surface area contributed by atoms with Crippen LogP contribution in [0.5, 0.6) is 5.75 Å². The molecule has 0 aliphatic carbocycles. The number of hydrogen-bond donors (Lipinski definition) is 2. The van der Waals surface area contributed by atoms with E-state index in [0.717, 1.165) is 5.56 Å². The van der Waals surface area contributed by atoms with Crippen molar-refractivity contribution < 1.29 is 19.0 Å². The molecule has 1 unspecified atom stereocenters. The molecule has 0 bridgehead atoms. The summed E-state index contributed by atoms with van der Waals surface area (Å²) in [7, 11) is 0. The Labute approximate surface area is 91.8 Å². The van der Waals surface area contributed by atoms with Crippen LogP contribution in [0.15, 0.2) is 12.1 Å². The predicted molar refractivity (Wildman–Crippen MR) is 55.0 cm³/mol. The molecule has 1 atom stereocenters. The van der Waals surface area contributed by atoms with E-state index in [0.29, 0.717) is 18.8 Å². The first kappa shape index (κ1) is 10.9. The normalized spacial score (nSPS) is 15.4. The fraction of sp³-hybridized carbons (Fsp3) is 0.364. The molecule has 0 amide bonds. The van der Waals surface area contributed by atoms with Crippen LogP contribution in [0, 0.1) is 5.82 Å². The maximum atomic E-state index is 13.6. The minimum absolute atomic E-state index is 0.0741. The van der Waals surface area contributed by atoms with Crippen LogP contribution < -0.4 is 10.5 Å². The molecule has 1 aromatic rings. The van der Waals surface area contributed by atoms with Crippen molar-refractivity contribution in [2.45, 2.75) is 12.3 Å². The Morgan fingerprint density at radius 2 is 2.38 bits per heavy atom. The van der Waals surface area contributed by atoms with Crippen LogP contribution in [0.1, 0.15) is 17.0 Å². The Kier molecular flexibility index (Phi) is 2.78. The van der Waals surface area contributed by atoms with Gasteiger partial charge in [-0.3, -0.25) is 4.79 Å². The molecule has 0 saturated carbocycles. The first-order valence-corrected chi connectivity index (χ1v) is 5.02. The summed E-state index contributed by atoms with van der Waals surface area (Å²) in [6, 6.07) is 2.89. The van der Waals surface area contributed by atoms with Crippen LogP contribution in [0.25, 0.3) is 0 Å². The molecule has 0 fully saturated rings. The molecule has 86 valence electrons. The maximum absolute atomic E-state index is 13.6. The number of fused-ring (bicyclic) bond motifs is 1. The summed E-state index contributed by atoms with van der Waals surface area (Å²) >= 11 is 0. The molecular weight excluding hydrogens is 213 g/mol. The summed E-state index contributed by atoms with van der Waals surface area (Å²) in [5.74, 6) is -2.39. The largest absolute Gasteiger partial charge is 0.493 e. The van der Waals surface area contributed by atoms with Crippen molar-refractivity contribution >= 4 is 5.97 Å². The van der Waals surface area contributed by atoms with Gasteiger partial charge in [0.15, 0.2) is 0 Å². The third-order valence-corrected chi connectivity index (χ3v) is 2.72. The minimum atomic E-state index is -1.13. The lowest BCUT2D eigenvalue weighted by atomic mass is 9.95. The topological polar surface area (TPSA) is 72.6 Å². The van der Waals surface area contributed by atoms with Gasteiger partial charge in [-0.2, -0.15) is 0 Å². The van der Waals surface area contributed by atoms with Crippen molar-refractivity contribution in [1.82, 2.24) is 0 Å².